The lowest BCUT2D eigenvalue weighted by Crippen LogP contribution is -1.97. The molecule has 0 atom stereocenters. The maximum Gasteiger partial charge on any atom is 0.336 e. The number of hydrogen-bond donors (Lipinski definition) is 0. The maximum atomic E-state index is 11.6. The molecule has 0 amide bonds. The van der Waals surface area contributed by atoms with Crippen molar-refractivity contribution in [3.63, 3.8) is 0 Å². The van der Waals surface area contributed by atoms with E-state index in [1.165, 1.54) is 6.07 Å². The standard InChI is InChI=1S/C18H14O2/c1-13-7-10-17-16(11-13)15(12-18(19)20-17)9-8-14-5-3-2-4-6-14/h2-12H,1H3/b9-8+. The second-order valence-electron chi connectivity index (χ2n) is 4.76. The normalized spacial score (nSPS) is 11.2. The van der Waals surface area contributed by atoms with Crippen molar-refractivity contribution in [1.82, 2.24) is 0 Å². The molecule has 2 nitrogen and oxygen atoms in total. The van der Waals surface area contributed by atoms with Crippen molar-refractivity contribution in [3.8, 4) is 0 Å². The van der Waals surface area contributed by atoms with Crippen LogP contribution in [0.1, 0.15) is 16.7 Å². The molecule has 0 radical (unpaired) electrons. The van der Waals surface area contributed by atoms with Gasteiger partial charge in [-0.2, -0.15) is 0 Å². The lowest BCUT2D eigenvalue weighted by molar-refractivity contribution is 0.560. The average Bonchev–Trinajstić information content (AvgIpc) is 2.46. The van der Waals surface area contributed by atoms with Gasteiger partial charge in [0.1, 0.15) is 5.58 Å². The summed E-state index contributed by atoms with van der Waals surface area (Å²) in [6.07, 6.45) is 3.95. The number of benzene rings is 2. The minimum atomic E-state index is -0.325. The highest BCUT2D eigenvalue weighted by Gasteiger charge is 2.03. The summed E-state index contributed by atoms with van der Waals surface area (Å²) in [6.45, 7) is 2.02. The van der Waals surface area contributed by atoms with Crippen molar-refractivity contribution in [1.29, 1.82) is 0 Å². The SMILES string of the molecule is Cc1ccc2oc(=O)cc(/C=C/c3ccccc3)c2c1. The molecule has 2 heteroatoms. The highest BCUT2D eigenvalue weighted by molar-refractivity contribution is 5.89. The molecule has 2 aromatic carbocycles. The monoisotopic (exact) mass is 262 g/mol. The smallest absolute Gasteiger partial charge is 0.336 e. The first-order valence-electron chi connectivity index (χ1n) is 6.50. The Morgan fingerprint density at radius 2 is 1.75 bits per heavy atom. The summed E-state index contributed by atoms with van der Waals surface area (Å²) in [5, 5.41) is 0.955. The van der Waals surface area contributed by atoms with E-state index in [2.05, 4.69) is 0 Å². The summed E-state index contributed by atoms with van der Waals surface area (Å²) in [5.74, 6) is 0. The van der Waals surface area contributed by atoms with Crippen LogP contribution in [0, 0.1) is 6.92 Å². The Bertz CT molecular complexity index is 827. The van der Waals surface area contributed by atoms with Crippen LogP contribution in [0.15, 0.2) is 63.8 Å². The third-order valence-corrected chi connectivity index (χ3v) is 3.18. The third kappa shape index (κ3) is 2.54. The molecule has 1 aromatic heterocycles. The molecule has 0 aliphatic rings. The molecule has 0 aliphatic heterocycles. The third-order valence-electron chi connectivity index (χ3n) is 3.18. The summed E-state index contributed by atoms with van der Waals surface area (Å²) in [7, 11) is 0. The van der Waals surface area contributed by atoms with Crippen LogP contribution in [-0.2, 0) is 0 Å². The zero-order chi connectivity index (χ0) is 13.9. The Hall–Kier alpha value is -2.61. The lowest BCUT2D eigenvalue weighted by atomic mass is 10.1. The first kappa shape index (κ1) is 12.4. The van der Waals surface area contributed by atoms with E-state index in [0.717, 1.165) is 22.1 Å². The minimum absolute atomic E-state index is 0.325. The molecule has 1 heterocycles. The molecular formula is C18H14O2. The van der Waals surface area contributed by atoms with Crippen molar-refractivity contribution < 1.29 is 4.42 Å². The molecule has 20 heavy (non-hydrogen) atoms. The molecule has 0 N–H and O–H groups in total. The first-order valence-corrected chi connectivity index (χ1v) is 6.50. The summed E-state index contributed by atoms with van der Waals surface area (Å²) in [4.78, 5) is 11.6. The van der Waals surface area contributed by atoms with Gasteiger partial charge < -0.3 is 4.42 Å². The van der Waals surface area contributed by atoms with Crippen molar-refractivity contribution in [3.05, 3.63) is 81.7 Å². The molecule has 0 fully saturated rings. The van der Waals surface area contributed by atoms with Gasteiger partial charge in [-0.1, -0.05) is 54.1 Å². The number of rotatable bonds is 2. The van der Waals surface area contributed by atoms with Crippen LogP contribution in [0.5, 0.6) is 0 Å². The van der Waals surface area contributed by atoms with Gasteiger partial charge in [-0.05, 0) is 30.2 Å². The highest BCUT2D eigenvalue weighted by Crippen LogP contribution is 2.20. The van der Waals surface area contributed by atoms with Crippen molar-refractivity contribution in [2.75, 3.05) is 0 Å². The van der Waals surface area contributed by atoms with Gasteiger partial charge >= 0.3 is 5.63 Å². The molecule has 0 bridgehead atoms. The second-order valence-corrected chi connectivity index (χ2v) is 4.76. The van der Waals surface area contributed by atoms with Crippen molar-refractivity contribution >= 4 is 23.1 Å². The van der Waals surface area contributed by atoms with Gasteiger partial charge in [0.05, 0.1) is 0 Å². The molecule has 0 spiro atoms. The van der Waals surface area contributed by atoms with Gasteiger partial charge in [-0.3, -0.25) is 0 Å². The fourth-order valence-corrected chi connectivity index (χ4v) is 2.19. The molecule has 0 aliphatic carbocycles. The van der Waals surface area contributed by atoms with Crippen molar-refractivity contribution in [2.24, 2.45) is 0 Å². The molecule has 0 saturated carbocycles. The van der Waals surface area contributed by atoms with E-state index in [1.807, 2.05) is 67.6 Å². The van der Waals surface area contributed by atoms with Gasteiger partial charge in [-0.25, -0.2) is 4.79 Å². The fourth-order valence-electron chi connectivity index (χ4n) is 2.19. The van der Waals surface area contributed by atoms with Crippen LogP contribution in [0.2, 0.25) is 0 Å². The Balaban J connectivity index is 2.13. The molecule has 98 valence electrons. The Morgan fingerprint density at radius 1 is 0.950 bits per heavy atom. The van der Waals surface area contributed by atoms with Gasteiger partial charge in [0, 0.05) is 11.5 Å². The number of fused-ring (bicyclic) bond motifs is 1. The zero-order valence-electron chi connectivity index (χ0n) is 11.2. The Labute approximate surface area is 117 Å². The van der Waals surface area contributed by atoms with E-state index >= 15 is 0 Å². The average molecular weight is 262 g/mol. The van der Waals surface area contributed by atoms with Gasteiger partial charge in [0.15, 0.2) is 0 Å². The van der Waals surface area contributed by atoms with Crippen LogP contribution in [-0.4, -0.2) is 0 Å². The van der Waals surface area contributed by atoms with Crippen LogP contribution in [0.25, 0.3) is 23.1 Å². The topological polar surface area (TPSA) is 30.2 Å². The fraction of sp³-hybridized carbons (Fsp3) is 0.0556. The van der Waals surface area contributed by atoms with Gasteiger partial charge in [0.25, 0.3) is 0 Å². The summed E-state index contributed by atoms with van der Waals surface area (Å²) in [5.41, 5.74) is 3.41. The van der Waals surface area contributed by atoms with E-state index in [9.17, 15) is 4.79 Å². The minimum Gasteiger partial charge on any atom is -0.423 e. The zero-order valence-corrected chi connectivity index (χ0v) is 11.2. The molecular weight excluding hydrogens is 248 g/mol. The van der Waals surface area contributed by atoms with E-state index in [1.54, 1.807) is 0 Å². The second kappa shape index (κ2) is 5.17. The van der Waals surface area contributed by atoms with Crippen LogP contribution in [0.4, 0.5) is 0 Å². The van der Waals surface area contributed by atoms with E-state index in [-0.39, 0.29) is 5.63 Å². The Kier molecular flexibility index (Phi) is 3.21. The molecule has 0 unspecified atom stereocenters. The van der Waals surface area contributed by atoms with Gasteiger partial charge in [0.2, 0.25) is 0 Å². The summed E-state index contributed by atoms with van der Waals surface area (Å²) < 4.78 is 5.22. The predicted octanol–water partition coefficient (Wildman–Crippen LogP) is 4.27. The quantitative estimate of drug-likeness (QED) is 0.645. The van der Waals surface area contributed by atoms with Crippen LogP contribution >= 0.6 is 0 Å². The number of hydrogen-bond acceptors (Lipinski definition) is 2. The van der Waals surface area contributed by atoms with Gasteiger partial charge in [-0.15, -0.1) is 0 Å². The van der Waals surface area contributed by atoms with Crippen molar-refractivity contribution in [2.45, 2.75) is 6.92 Å². The Morgan fingerprint density at radius 3 is 2.55 bits per heavy atom. The maximum absolute atomic E-state index is 11.6. The molecule has 3 aromatic rings. The van der Waals surface area contributed by atoms with Crippen LogP contribution < -0.4 is 5.63 Å². The van der Waals surface area contributed by atoms with E-state index in [4.69, 9.17) is 4.42 Å². The predicted molar refractivity (Wildman–Crippen MR) is 82.6 cm³/mol. The van der Waals surface area contributed by atoms with E-state index in [0.29, 0.717) is 5.58 Å². The molecule has 0 saturated heterocycles. The summed E-state index contributed by atoms with van der Waals surface area (Å²) >= 11 is 0. The largest absolute Gasteiger partial charge is 0.423 e. The lowest BCUT2D eigenvalue weighted by Gasteiger charge is -2.02. The number of aryl methyl sites for hydroxylation is 1. The molecule has 3 rings (SSSR count). The van der Waals surface area contributed by atoms with Crippen LogP contribution in [0.3, 0.4) is 0 Å². The summed E-state index contributed by atoms with van der Waals surface area (Å²) in [6, 6.07) is 17.3. The highest BCUT2D eigenvalue weighted by atomic mass is 16.4. The first-order chi connectivity index (χ1) is 9.72. The van der Waals surface area contributed by atoms with E-state index < -0.39 is 0 Å².